The molecule has 0 bridgehead atoms. The van der Waals surface area contributed by atoms with E-state index in [4.69, 9.17) is 4.74 Å². The van der Waals surface area contributed by atoms with E-state index in [2.05, 4.69) is 5.32 Å². The number of nitrogens with one attached hydrogen (secondary N) is 1. The third-order valence-corrected chi connectivity index (χ3v) is 4.65. The first kappa shape index (κ1) is 16.2. The summed E-state index contributed by atoms with van der Waals surface area (Å²) in [6.07, 6.45) is 3.68. The smallest absolute Gasteiger partial charge is 0.311 e. The van der Waals surface area contributed by atoms with Gasteiger partial charge in [-0.25, -0.2) is 0 Å². The SMILES string of the molecule is CCN(C(=O)CCC1CCNCC1)C1COCC1C(=O)O. The van der Waals surface area contributed by atoms with E-state index in [0.717, 1.165) is 32.4 Å². The molecular formula is C15H26N2O4. The van der Waals surface area contributed by atoms with Gasteiger partial charge in [0.25, 0.3) is 0 Å². The van der Waals surface area contributed by atoms with Crippen LogP contribution in [0.4, 0.5) is 0 Å². The maximum absolute atomic E-state index is 12.4. The molecule has 0 aromatic rings. The van der Waals surface area contributed by atoms with Crippen LogP contribution in [-0.4, -0.2) is 60.8 Å². The van der Waals surface area contributed by atoms with Gasteiger partial charge >= 0.3 is 5.97 Å². The van der Waals surface area contributed by atoms with Crippen LogP contribution >= 0.6 is 0 Å². The number of rotatable bonds is 6. The molecule has 2 N–H and O–H groups in total. The van der Waals surface area contributed by atoms with Gasteiger partial charge in [-0.2, -0.15) is 0 Å². The second kappa shape index (κ2) is 7.75. The minimum atomic E-state index is -0.873. The highest BCUT2D eigenvalue weighted by Gasteiger charge is 2.39. The van der Waals surface area contributed by atoms with Crippen molar-refractivity contribution in [3.63, 3.8) is 0 Å². The molecule has 2 heterocycles. The molecule has 2 saturated heterocycles. The Kier molecular flexibility index (Phi) is 5.99. The van der Waals surface area contributed by atoms with Crippen LogP contribution in [-0.2, 0) is 14.3 Å². The number of carbonyl (C=O) groups excluding carboxylic acids is 1. The topological polar surface area (TPSA) is 78.9 Å². The number of hydrogen-bond donors (Lipinski definition) is 2. The van der Waals surface area contributed by atoms with E-state index in [1.54, 1.807) is 4.90 Å². The minimum absolute atomic E-state index is 0.0674. The van der Waals surface area contributed by atoms with Gasteiger partial charge in [0.15, 0.2) is 0 Å². The lowest BCUT2D eigenvalue weighted by Crippen LogP contribution is -2.46. The van der Waals surface area contributed by atoms with Gasteiger partial charge in [0.2, 0.25) is 5.91 Å². The van der Waals surface area contributed by atoms with Crippen LogP contribution < -0.4 is 5.32 Å². The highest BCUT2D eigenvalue weighted by molar-refractivity contribution is 5.78. The Morgan fingerprint density at radius 2 is 2.00 bits per heavy atom. The lowest BCUT2D eigenvalue weighted by atomic mass is 9.92. The fraction of sp³-hybridized carbons (Fsp3) is 0.867. The van der Waals surface area contributed by atoms with Crippen LogP contribution in [0.25, 0.3) is 0 Å². The summed E-state index contributed by atoms with van der Waals surface area (Å²) < 4.78 is 5.28. The number of nitrogens with zero attached hydrogens (tertiary/aromatic N) is 1. The van der Waals surface area contributed by atoms with Gasteiger partial charge in [-0.05, 0) is 45.2 Å². The zero-order valence-electron chi connectivity index (χ0n) is 12.7. The molecule has 0 aromatic heterocycles. The molecule has 2 aliphatic heterocycles. The number of carboxylic acids is 1. The van der Waals surface area contributed by atoms with Gasteiger partial charge in [-0.3, -0.25) is 9.59 Å². The van der Waals surface area contributed by atoms with Crippen LogP contribution in [0.2, 0.25) is 0 Å². The average Bonchev–Trinajstić information content (AvgIpc) is 2.96. The van der Waals surface area contributed by atoms with E-state index in [9.17, 15) is 14.7 Å². The highest BCUT2D eigenvalue weighted by Crippen LogP contribution is 2.23. The van der Waals surface area contributed by atoms with Crippen LogP contribution in [0.15, 0.2) is 0 Å². The molecule has 0 radical (unpaired) electrons. The molecule has 2 unspecified atom stereocenters. The molecule has 0 aliphatic carbocycles. The zero-order chi connectivity index (χ0) is 15.2. The average molecular weight is 298 g/mol. The number of amides is 1. The Balaban J connectivity index is 1.87. The van der Waals surface area contributed by atoms with Gasteiger partial charge in [0.1, 0.15) is 5.92 Å². The number of likely N-dealkylation sites (N-methyl/N-ethyl adjacent to an activating group) is 1. The normalized spacial score (nSPS) is 26.7. The Bertz CT molecular complexity index is 369. The first-order valence-electron chi connectivity index (χ1n) is 7.94. The number of ether oxygens (including phenoxy) is 1. The molecule has 2 aliphatic rings. The Labute approximate surface area is 125 Å². The predicted octanol–water partition coefficient (Wildman–Crippen LogP) is 0.714. The van der Waals surface area contributed by atoms with Crippen molar-refractivity contribution in [2.75, 3.05) is 32.8 Å². The predicted molar refractivity (Wildman–Crippen MR) is 77.9 cm³/mol. The molecule has 2 rings (SSSR count). The molecule has 0 spiro atoms. The number of carbonyl (C=O) groups is 2. The summed E-state index contributed by atoms with van der Waals surface area (Å²) in [5.41, 5.74) is 0. The lowest BCUT2D eigenvalue weighted by molar-refractivity contribution is -0.145. The molecule has 6 heteroatoms. The van der Waals surface area contributed by atoms with Crippen LogP contribution in [0.3, 0.4) is 0 Å². The van der Waals surface area contributed by atoms with Crippen molar-refractivity contribution in [2.24, 2.45) is 11.8 Å². The summed E-state index contributed by atoms with van der Waals surface area (Å²) in [5, 5.41) is 12.5. The standard InChI is InChI=1S/C15H26N2O4/c1-2-17(13-10-21-9-12(13)15(19)20)14(18)4-3-11-5-7-16-8-6-11/h11-13,16H,2-10H2,1H3,(H,19,20). The summed E-state index contributed by atoms with van der Waals surface area (Å²) in [6, 6.07) is -0.312. The molecule has 2 fully saturated rings. The molecule has 2 atom stereocenters. The fourth-order valence-corrected chi connectivity index (χ4v) is 3.32. The van der Waals surface area contributed by atoms with Crippen LogP contribution in [0.5, 0.6) is 0 Å². The van der Waals surface area contributed by atoms with Gasteiger partial charge in [-0.15, -0.1) is 0 Å². The summed E-state index contributed by atoms with van der Waals surface area (Å²) in [7, 11) is 0. The molecule has 120 valence electrons. The van der Waals surface area contributed by atoms with Crippen molar-refractivity contribution in [1.29, 1.82) is 0 Å². The maximum atomic E-state index is 12.4. The largest absolute Gasteiger partial charge is 0.481 e. The van der Waals surface area contributed by atoms with E-state index in [0.29, 0.717) is 25.5 Å². The molecule has 0 saturated carbocycles. The van der Waals surface area contributed by atoms with Crippen LogP contribution in [0, 0.1) is 11.8 Å². The van der Waals surface area contributed by atoms with Gasteiger partial charge in [-0.1, -0.05) is 0 Å². The summed E-state index contributed by atoms with van der Waals surface area (Å²) in [6.45, 7) is 5.06. The second-order valence-corrected chi connectivity index (χ2v) is 5.96. The van der Waals surface area contributed by atoms with Crippen molar-refractivity contribution in [3.8, 4) is 0 Å². The first-order valence-corrected chi connectivity index (χ1v) is 7.94. The Morgan fingerprint density at radius 3 is 2.62 bits per heavy atom. The van der Waals surface area contributed by atoms with Gasteiger partial charge in [0, 0.05) is 13.0 Å². The lowest BCUT2D eigenvalue weighted by Gasteiger charge is -2.30. The zero-order valence-corrected chi connectivity index (χ0v) is 12.7. The fourth-order valence-electron chi connectivity index (χ4n) is 3.32. The Morgan fingerprint density at radius 1 is 1.29 bits per heavy atom. The number of piperidine rings is 1. The second-order valence-electron chi connectivity index (χ2n) is 5.96. The third kappa shape index (κ3) is 4.17. The van der Waals surface area contributed by atoms with Crippen molar-refractivity contribution in [2.45, 2.75) is 38.6 Å². The molecule has 6 nitrogen and oxygen atoms in total. The molecule has 21 heavy (non-hydrogen) atoms. The van der Waals surface area contributed by atoms with Gasteiger partial charge in [0.05, 0.1) is 19.3 Å². The Hall–Kier alpha value is -1.14. The van der Waals surface area contributed by atoms with E-state index in [1.165, 1.54) is 0 Å². The van der Waals surface area contributed by atoms with Crippen molar-refractivity contribution >= 4 is 11.9 Å². The minimum Gasteiger partial charge on any atom is -0.481 e. The van der Waals surface area contributed by atoms with E-state index in [-0.39, 0.29) is 18.6 Å². The van der Waals surface area contributed by atoms with Crippen molar-refractivity contribution < 1.29 is 19.4 Å². The van der Waals surface area contributed by atoms with Crippen LogP contribution in [0.1, 0.15) is 32.6 Å². The summed E-state index contributed by atoms with van der Waals surface area (Å²) in [5.74, 6) is -0.781. The van der Waals surface area contributed by atoms with E-state index < -0.39 is 11.9 Å². The molecule has 1 amide bonds. The third-order valence-electron chi connectivity index (χ3n) is 4.65. The number of hydrogen-bond acceptors (Lipinski definition) is 4. The monoisotopic (exact) mass is 298 g/mol. The highest BCUT2D eigenvalue weighted by atomic mass is 16.5. The van der Waals surface area contributed by atoms with Gasteiger partial charge < -0.3 is 20.1 Å². The number of carboxylic acid groups (broad SMARTS) is 1. The first-order chi connectivity index (χ1) is 10.1. The quantitative estimate of drug-likeness (QED) is 0.755. The molecule has 0 aromatic carbocycles. The summed E-state index contributed by atoms with van der Waals surface area (Å²) in [4.78, 5) is 25.4. The molecular weight excluding hydrogens is 272 g/mol. The van der Waals surface area contributed by atoms with E-state index in [1.807, 2.05) is 6.92 Å². The maximum Gasteiger partial charge on any atom is 0.311 e. The van der Waals surface area contributed by atoms with Crippen molar-refractivity contribution in [3.05, 3.63) is 0 Å². The number of aliphatic carboxylic acids is 1. The summed E-state index contributed by atoms with van der Waals surface area (Å²) >= 11 is 0. The van der Waals surface area contributed by atoms with E-state index >= 15 is 0 Å². The van der Waals surface area contributed by atoms with Crippen molar-refractivity contribution in [1.82, 2.24) is 10.2 Å².